The lowest BCUT2D eigenvalue weighted by Gasteiger charge is -2.22. The molecular weight excluding hydrogens is 432 g/mol. The molecule has 0 atom stereocenters. The molecule has 2 fully saturated rings. The smallest absolute Gasteiger partial charge is 0.387 e. The lowest BCUT2D eigenvalue weighted by molar-refractivity contribution is -0.0502. The number of carbonyl (C=O) groups is 1. The van der Waals surface area contributed by atoms with E-state index in [1.54, 1.807) is 16.8 Å². The van der Waals surface area contributed by atoms with Crippen molar-refractivity contribution in [2.75, 3.05) is 20.3 Å². The molecule has 1 amide bonds. The number of amides is 1. The highest BCUT2D eigenvalue weighted by Crippen LogP contribution is 2.38. The zero-order valence-electron chi connectivity index (χ0n) is 18.2. The number of halogens is 2. The van der Waals surface area contributed by atoms with Gasteiger partial charge in [0.1, 0.15) is 17.1 Å². The lowest BCUT2D eigenvalue weighted by atomic mass is 9.93. The second-order valence-corrected chi connectivity index (χ2v) is 8.42. The van der Waals surface area contributed by atoms with Gasteiger partial charge in [0.2, 0.25) is 0 Å². The first-order valence-electron chi connectivity index (χ1n) is 11.1. The Kier molecular flexibility index (Phi) is 5.88. The summed E-state index contributed by atoms with van der Waals surface area (Å²) in [5, 5.41) is 7.29. The lowest BCUT2D eigenvalue weighted by Crippen LogP contribution is -2.26. The predicted octanol–water partition coefficient (Wildman–Crippen LogP) is 4.40. The van der Waals surface area contributed by atoms with Gasteiger partial charge in [0.25, 0.3) is 5.91 Å². The third-order valence-corrected chi connectivity index (χ3v) is 6.18. The van der Waals surface area contributed by atoms with Gasteiger partial charge in [-0.3, -0.25) is 4.79 Å². The minimum absolute atomic E-state index is 0.0354. The van der Waals surface area contributed by atoms with Gasteiger partial charge in [-0.2, -0.15) is 13.9 Å². The van der Waals surface area contributed by atoms with Crippen LogP contribution in [0, 0.1) is 0 Å². The van der Waals surface area contributed by atoms with Crippen LogP contribution in [0.5, 0.6) is 11.5 Å². The Morgan fingerprint density at radius 3 is 2.64 bits per heavy atom. The Bertz CT molecular complexity index is 1170. The fourth-order valence-electron chi connectivity index (χ4n) is 4.30. The Morgan fingerprint density at radius 1 is 1.18 bits per heavy atom. The summed E-state index contributed by atoms with van der Waals surface area (Å²) < 4.78 is 43.8. The number of carbonyl (C=O) groups excluding carboxylic acids is 1. The van der Waals surface area contributed by atoms with Crippen molar-refractivity contribution in [2.45, 2.75) is 44.3 Å². The number of rotatable bonds is 7. The molecule has 0 unspecified atom stereocenters. The minimum atomic E-state index is -3.08. The molecule has 1 saturated heterocycles. The van der Waals surface area contributed by atoms with E-state index in [0.29, 0.717) is 11.5 Å². The molecule has 5 rings (SSSR count). The quantitative estimate of drug-likeness (QED) is 0.569. The number of pyridine rings is 1. The summed E-state index contributed by atoms with van der Waals surface area (Å²) in [4.78, 5) is 12.7. The van der Waals surface area contributed by atoms with Crippen LogP contribution in [0.15, 0.2) is 36.7 Å². The van der Waals surface area contributed by atoms with Gasteiger partial charge in [-0.1, -0.05) is 6.07 Å². The van der Waals surface area contributed by atoms with Crippen LogP contribution in [-0.4, -0.2) is 48.5 Å². The predicted molar refractivity (Wildman–Crippen MR) is 117 cm³/mol. The zero-order valence-corrected chi connectivity index (χ0v) is 18.2. The average molecular weight is 457 g/mol. The molecule has 0 bridgehead atoms. The van der Waals surface area contributed by atoms with E-state index in [1.807, 2.05) is 12.3 Å². The number of benzene rings is 1. The van der Waals surface area contributed by atoms with E-state index in [9.17, 15) is 13.6 Å². The zero-order chi connectivity index (χ0) is 22.9. The molecule has 33 heavy (non-hydrogen) atoms. The molecule has 2 aliphatic rings. The number of ether oxygens (including phenoxy) is 3. The molecule has 0 spiro atoms. The van der Waals surface area contributed by atoms with Crippen molar-refractivity contribution in [3.63, 3.8) is 0 Å². The van der Waals surface area contributed by atoms with Crippen LogP contribution in [0.25, 0.3) is 16.6 Å². The maximum atomic E-state index is 13.2. The van der Waals surface area contributed by atoms with Gasteiger partial charge < -0.3 is 19.5 Å². The maximum Gasteiger partial charge on any atom is 0.387 e. The summed E-state index contributed by atoms with van der Waals surface area (Å²) in [7, 11) is 1.40. The Hall–Kier alpha value is -3.20. The van der Waals surface area contributed by atoms with Crippen LogP contribution in [0.2, 0.25) is 0 Å². The van der Waals surface area contributed by atoms with E-state index in [0.717, 1.165) is 50.0 Å². The fraction of sp³-hybridized carbons (Fsp3) is 0.417. The van der Waals surface area contributed by atoms with Gasteiger partial charge in [0.05, 0.1) is 18.8 Å². The molecule has 7 nitrogen and oxygen atoms in total. The van der Waals surface area contributed by atoms with Crippen molar-refractivity contribution < 1.29 is 27.8 Å². The molecule has 1 N–H and O–H groups in total. The number of methoxy groups -OCH3 is 1. The van der Waals surface area contributed by atoms with E-state index in [-0.39, 0.29) is 23.1 Å². The fourth-order valence-corrected chi connectivity index (χ4v) is 4.30. The number of nitrogens with one attached hydrogen (secondary N) is 1. The number of hydrogen-bond donors (Lipinski definition) is 1. The molecule has 9 heteroatoms. The van der Waals surface area contributed by atoms with Gasteiger partial charge >= 0.3 is 6.61 Å². The van der Waals surface area contributed by atoms with E-state index in [4.69, 9.17) is 14.2 Å². The van der Waals surface area contributed by atoms with Gasteiger partial charge in [-0.05, 0) is 60.9 Å². The van der Waals surface area contributed by atoms with Gasteiger partial charge in [-0.25, -0.2) is 4.52 Å². The minimum Gasteiger partial charge on any atom is -0.496 e. The monoisotopic (exact) mass is 457 g/mol. The summed E-state index contributed by atoms with van der Waals surface area (Å²) in [6.45, 7) is -1.58. The molecule has 1 aromatic carbocycles. The maximum absolute atomic E-state index is 13.2. The number of aromatic nitrogens is 2. The Morgan fingerprint density at radius 2 is 1.94 bits per heavy atom. The van der Waals surface area contributed by atoms with Crippen molar-refractivity contribution in [2.24, 2.45) is 0 Å². The molecular formula is C24H25F2N3O4. The average Bonchev–Trinajstić information content (AvgIpc) is 3.53. The van der Waals surface area contributed by atoms with Crippen molar-refractivity contribution in [3.05, 3.63) is 47.8 Å². The van der Waals surface area contributed by atoms with Crippen molar-refractivity contribution >= 4 is 11.4 Å². The highest BCUT2D eigenvalue weighted by atomic mass is 19.3. The second kappa shape index (κ2) is 8.97. The van der Waals surface area contributed by atoms with Crippen molar-refractivity contribution in [1.82, 2.24) is 14.9 Å². The van der Waals surface area contributed by atoms with Gasteiger partial charge in [0, 0.05) is 31.0 Å². The summed E-state index contributed by atoms with van der Waals surface area (Å²) >= 11 is 0. The highest BCUT2D eigenvalue weighted by Gasteiger charge is 2.29. The molecule has 3 heterocycles. The summed E-state index contributed by atoms with van der Waals surface area (Å²) in [6, 6.07) is 7.21. The first-order chi connectivity index (χ1) is 16.0. The third kappa shape index (κ3) is 4.50. The molecule has 174 valence electrons. The van der Waals surface area contributed by atoms with Crippen LogP contribution in [-0.2, 0) is 4.74 Å². The first-order valence-corrected chi connectivity index (χ1v) is 11.1. The van der Waals surface area contributed by atoms with Crippen molar-refractivity contribution in [1.29, 1.82) is 0 Å². The molecule has 1 aliphatic carbocycles. The van der Waals surface area contributed by atoms with E-state index >= 15 is 0 Å². The second-order valence-electron chi connectivity index (χ2n) is 8.42. The largest absolute Gasteiger partial charge is 0.496 e. The summed E-state index contributed by atoms with van der Waals surface area (Å²) in [5.74, 6) is -0.126. The van der Waals surface area contributed by atoms with E-state index in [1.165, 1.54) is 18.7 Å². The summed E-state index contributed by atoms with van der Waals surface area (Å²) in [5.41, 5.74) is 3.25. The van der Waals surface area contributed by atoms with E-state index in [2.05, 4.69) is 16.5 Å². The van der Waals surface area contributed by atoms with Crippen LogP contribution < -0.4 is 14.8 Å². The molecule has 3 aromatic rings. The van der Waals surface area contributed by atoms with Gasteiger partial charge in [0.15, 0.2) is 0 Å². The molecule has 2 aromatic heterocycles. The summed E-state index contributed by atoms with van der Waals surface area (Å²) in [6.07, 6.45) is 7.35. The number of hydrogen-bond acceptors (Lipinski definition) is 5. The number of fused-ring (bicyclic) bond motifs is 1. The topological polar surface area (TPSA) is 74.1 Å². The standard InChI is InChI=1S/C24H25F2N3O4/c1-31-20-10-16(11-21(33-24(25)26)22(20)23(30)28-17-3-4-17)18-12-27-29-13-15(2-5-19(18)29)14-6-8-32-9-7-14/h2,5,10-14,17,24H,3-4,6-9H2,1H3,(H,28,30). The Labute approximate surface area is 189 Å². The first kappa shape index (κ1) is 21.6. The van der Waals surface area contributed by atoms with Crippen molar-refractivity contribution in [3.8, 4) is 22.6 Å². The van der Waals surface area contributed by atoms with Crippen LogP contribution >= 0.6 is 0 Å². The molecule has 1 saturated carbocycles. The van der Waals surface area contributed by atoms with Gasteiger partial charge in [-0.15, -0.1) is 0 Å². The number of alkyl halides is 2. The van der Waals surface area contributed by atoms with Crippen LogP contribution in [0.3, 0.4) is 0 Å². The normalized spacial score (nSPS) is 16.8. The highest BCUT2D eigenvalue weighted by molar-refractivity contribution is 6.01. The van der Waals surface area contributed by atoms with Crippen LogP contribution in [0.1, 0.15) is 47.5 Å². The molecule has 0 radical (unpaired) electrons. The van der Waals surface area contributed by atoms with E-state index < -0.39 is 12.5 Å². The Balaban J connectivity index is 1.54. The SMILES string of the molecule is COc1cc(-c2cnn3cc(C4CCOCC4)ccc23)cc(OC(F)F)c1C(=O)NC1CC1. The third-order valence-electron chi connectivity index (χ3n) is 6.18. The number of nitrogens with zero attached hydrogens (tertiary/aromatic N) is 2. The van der Waals surface area contributed by atoms with Crippen LogP contribution in [0.4, 0.5) is 8.78 Å². The molecule has 1 aliphatic heterocycles.